The Morgan fingerprint density at radius 3 is 2.95 bits per heavy atom. The Kier molecular flexibility index (Phi) is 4.40. The van der Waals surface area contributed by atoms with Gasteiger partial charge in [0, 0.05) is 43.0 Å². The molecule has 0 bridgehead atoms. The lowest BCUT2D eigenvalue weighted by molar-refractivity contribution is -0.156. The first kappa shape index (κ1) is 15.4. The summed E-state index contributed by atoms with van der Waals surface area (Å²) in [6.45, 7) is 3.18. The van der Waals surface area contributed by atoms with Crippen LogP contribution >= 0.6 is 0 Å². The monoisotopic (exact) mass is 305 g/mol. The molecular formula is C16H23N3O3. The summed E-state index contributed by atoms with van der Waals surface area (Å²) < 4.78 is 5.38. The Bertz CT molecular complexity index is 543. The zero-order valence-electron chi connectivity index (χ0n) is 12.9. The van der Waals surface area contributed by atoms with Crippen molar-refractivity contribution in [2.75, 3.05) is 13.2 Å². The number of hydrogen-bond donors (Lipinski definition) is 2. The van der Waals surface area contributed by atoms with Crippen molar-refractivity contribution in [3.8, 4) is 0 Å². The molecular weight excluding hydrogens is 282 g/mol. The Balaban J connectivity index is 1.51. The highest BCUT2D eigenvalue weighted by Crippen LogP contribution is 2.48. The fraction of sp³-hybridized carbons (Fsp3) is 0.688. The van der Waals surface area contributed by atoms with E-state index in [-0.39, 0.29) is 23.5 Å². The Morgan fingerprint density at radius 2 is 2.27 bits per heavy atom. The number of aromatic nitrogens is 2. The fourth-order valence-corrected chi connectivity index (χ4v) is 3.55. The number of carbonyl (C=O) groups excluding carboxylic acids is 1. The number of carbonyl (C=O) groups is 1. The largest absolute Gasteiger partial charge is 0.392 e. The molecule has 1 amide bonds. The molecule has 2 atom stereocenters. The van der Waals surface area contributed by atoms with Gasteiger partial charge in [-0.05, 0) is 38.7 Å². The first-order valence-electron chi connectivity index (χ1n) is 7.94. The summed E-state index contributed by atoms with van der Waals surface area (Å²) in [5.74, 6) is 0.750. The van der Waals surface area contributed by atoms with Gasteiger partial charge in [0.05, 0.1) is 6.10 Å². The lowest BCUT2D eigenvalue weighted by Crippen LogP contribution is -2.65. The van der Waals surface area contributed by atoms with E-state index in [1.54, 1.807) is 6.20 Å². The Labute approximate surface area is 130 Å². The van der Waals surface area contributed by atoms with Gasteiger partial charge in [-0.2, -0.15) is 0 Å². The van der Waals surface area contributed by atoms with E-state index < -0.39 is 0 Å². The Morgan fingerprint density at radius 1 is 1.50 bits per heavy atom. The maximum absolute atomic E-state index is 12.2. The van der Waals surface area contributed by atoms with Crippen LogP contribution in [0.15, 0.2) is 12.3 Å². The van der Waals surface area contributed by atoms with E-state index in [4.69, 9.17) is 4.74 Å². The van der Waals surface area contributed by atoms with Gasteiger partial charge < -0.3 is 15.2 Å². The van der Waals surface area contributed by atoms with Gasteiger partial charge in [-0.15, -0.1) is 0 Å². The minimum absolute atomic E-state index is 0.0269. The third kappa shape index (κ3) is 2.98. The van der Waals surface area contributed by atoms with Crippen LogP contribution in [0, 0.1) is 12.3 Å². The van der Waals surface area contributed by atoms with Crippen molar-refractivity contribution in [2.24, 2.45) is 5.41 Å². The number of amides is 1. The van der Waals surface area contributed by atoms with E-state index in [1.165, 1.54) is 0 Å². The molecule has 6 nitrogen and oxygen atoms in total. The van der Waals surface area contributed by atoms with Crippen LogP contribution in [0.2, 0.25) is 0 Å². The van der Waals surface area contributed by atoms with Crippen molar-refractivity contribution >= 4 is 5.91 Å². The number of nitrogens with one attached hydrogen (secondary N) is 1. The second-order valence-corrected chi connectivity index (χ2v) is 6.31. The van der Waals surface area contributed by atoms with E-state index in [1.807, 2.05) is 13.0 Å². The molecule has 1 aromatic heterocycles. The van der Waals surface area contributed by atoms with Crippen LogP contribution in [0.5, 0.6) is 0 Å². The first-order valence-corrected chi connectivity index (χ1v) is 7.94. The number of hydrogen-bond acceptors (Lipinski definition) is 5. The summed E-state index contributed by atoms with van der Waals surface area (Å²) in [6.07, 6.45) is 4.73. The van der Waals surface area contributed by atoms with Gasteiger partial charge in [0.15, 0.2) is 0 Å². The van der Waals surface area contributed by atoms with Crippen LogP contribution in [0.25, 0.3) is 0 Å². The smallest absolute Gasteiger partial charge is 0.220 e. The molecule has 1 saturated carbocycles. The number of aliphatic hydroxyl groups excluding tert-OH is 1. The molecule has 2 heterocycles. The molecule has 1 aromatic rings. The van der Waals surface area contributed by atoms with Crippen molar-refractivity contribution in [1.82, 2.24) is 15.3 Å². The SMILES string of the molecule is Cc1nccc(CCC(=O)N[C@@H]2C[C@@H](O)C23CCOCC3)n1. The highest BCUT2D eigenvalue weighted by atomic mass is 16.5. The van der Waals surface area contributed by atoms with Crippen molar-refractivity contribution < 1.29 is 14.6 Å². The molecule has 1 aliphatic carbocycles. The molecule has 0 unspecified atom stereocenters. The van der Waals surface area contributed by atoms with Gasteiger partial charge in [0.1, 0.15) is 5.82 Å². The number of rotatable bonds is 4. The zero-order chi connectivity index (χ0) is 15.6. The van der Waals surface area contributed by atoms with Crippen LogP contribution in [-0.2, 0) is 16.0 Å². The summed E-state index contributed by atoms with van der Waals surface area (Å²) in [5.41, 5.74) is 0.719. The third-order valence-electron chi connectivity index (χ3n) is 5.02. The summed E-state index contributed by atoms with van der Waals surface area (Å²) in [5, 5.41) is 13.2. The van der Waals surface area contributed by atoms with Crippen molar-refractivity contribution in [3.05, 3.63) is 23.8 Å². The van der Waals surface area contributed by atoms with Gasteiger partial charge >= 0.3 is 0 Å². The van der Waals surface area contributed by atoms with E-state index in [2.05, 4.69) is 15.3 Å². The number of nitrogens with zero attached hydrogens (tertiary/aromatic N) is 2. The first-order chi connectivity index (χ1) is 10.6. The molecule has 6 heteroatoms. The molecule has 1 aliphatic heterocycles. The summed E-state index contributed by atoms with van der Waals surface area (Å²) in [4.78, 5) is 20.5. The zero-order valence-corrected chi connectivity index (χ0v) is 12.9. The molecule has 2 N–H and O–H groups in total. The van der Waals surface area contributed by atoms with Crippen LogP contribution in [-0.4, -0.2) is 46.3 Å². The second kappa shape index (κ2) is 6.30. The second-order valence-electron chi connectivity index (χ2n) is 6.31. The molecule has 22 heavy (non-hydrogen) atoms. The Hall–Kier alpha value is -1.53. The molecule has 0 radical (unpaired) electrons. The molecule has 0 aromatic carbocycles. The van der Waals surface area contributed by atoms with Crippen molar-refractivity contribution in [2.45, 2.75) is 51.2 Å². The average Bonchev–Trinajstić information content (AvgIpc) is 2.53. The predicted octanol–water partition coefficient (Wildman–Crippen LogP) is 0.764. The van der Waals surface area contributed by atoms with E-state index in [9.17, 15) is 9.90 Å². The third-order valence-corrected chi connectivity index (χ3v) is 5.02. The molecule has 120 valence electrons. The molecule has 1 spiro atoms. The van der Waals surface area contributed by atoms with Crippen LogP contribution in [0.3, 0.4) is 0 Å². The van der Waals surface area contributed by atoms with Gasteiger partial charge in [-0.25, -0.2) is 9.97 Å². The number of aryl methyl sites for hydroxylation is 2. The van der Waals surface area contributed by atoms with Gasteiger partial charge in [0.25, 0.3) is 0 Å². The summed E-state index contributed by atoms with van der Waals surface area (Å²) in [7, 11) is 0. The summed E-state index contributed by atoms with van der Waals surface area (Å²) >= 11 is 0. The number of aliphatic hydroxyl groups is 1. The van der Waals surface area contributed by atoms with Gasteiger partial charge in [-0.3, -0.25) is 4.79 Å². The minimum Gasteiger partial charge on any atom is -0.392 e. The van der Waals surface area contributed by atoms with E-state index in [0.717, 1.165) is 24.4 Å². The quantitative estimate of drug-likeness (QED) is 0.858. The highest BCUT2D eigenvalue weighted by Gasteiger charge is 2.55. The average molecular weight is 305 g/mol. The highest BCUT2D eigenvalue weighted by molar-refractivity contribution is 5.76. The van der Waals surface area contributed by atoms with Crippen molar-refractivity contribution in [3.63, 3.8) is 0 Å². The maximum Gasteiger partial charge on any atom is 0.220 e. The van der Waals surface area contributed by atoms with Crippen LogP contribution < -0.4 is 5.32 Å². The van der Waals surface area contributed by atoms with Crippen LogP contribution in [0.4, 0.5) is 0 Å². The fourth-order valence-electron chi connectivity index (χ4n) is 3.55. The van der Waals surface area contributed by atoms with Crippen molar-refractivity contribution in [1.29, 1.82) is 0 Å². The normalized spacial score (nSPS) is 26.5. The van der Waals surface area contributed by atoms with Gasteiger partial charge in [0.2, 0.25) is 5.91 Å². The molecule has 2 fully saturated rings. The minimum atomic E-state index is -0.314. The topological polar surface area (TPSA) is 84.3 Å². The predicted molar refractivity (Wildman–Crippen MR) is 80.1 cm³/mol. The van der Waals surface area contributed by atoms with Gasteiger partial charge in [-0.1, -0.05) is 0 Å². The standard InChI is InChI=1S/C16H23N3O3/c1-11-17-7-4-12(18-11)2-3-15(21)19-13-10-14(20)16(13)5-8-22-9-6-16/h4,7,13-14,20H,2-3,5-6,8-10H2,1H3,(H,19,21)/t13-,14-/m1/s1. The maximum atomic E-state index is 12.2. The molecule has 1 saturated heterocycles. The summed E-state index contributed by atoms with van der Waals surface area (Å²) in [6, 6.07) is 1.92. The molecule has 2 aliphatic rings. The number of ether oxygens (including phenoxy) is 1. The lowest BCUT2D eigenvalue weighted by atomic mass is 9.58. The van der Waals surface area contributed by atoms with Crippen LogP contribution in [0.1, 0.15) is 37.2 Å². The van der Waals surface area contributed by atoms with E-state index >= 15 is 0 Å². The molecule has 3 rings (SSSR count). The lowest BCUT2D eigenvalue weighted by Gasteiger charge is -2.55. The van der Waals surface area contributed by atoms with E-state index in [0.29, 0.717) is 32.5 Å².